The standard InChI is InChI=1S/C23H22N6O2S2/c1-2-5-28-6-8-29(9-7-28)23-25-18(14-4-11-33-22(14)27-23)17-16(19(30)26-20(17)31)15-12-24-21-13(15)3-10-32-21/h3-4,10-12,24H,2,5-9H2,1H3,(H,26,30,31). The van der Waals surface area contributed by atoms with Crippen molar-refractivity contribution in [2.45, 2.75) is 13.3 Å². The number of piperazine rings is 1. The number of anilines is 1. The lowest BCUT2D eigenvalue weighted by Crippen LogP contribution is -2.47. The van der Waals surface area contributed by atoms with Crippen molar-refractivity contribution in [2.75, 3.05) is 37.6 Å². The Balaban J connectivity index is 1.49. The molecule has 2 aliphatic heterocycles. The van der Waals surface area contributed by atoms with Gasteiger partial charge in [0.2, 0.25) is 5.95 Å². The number of hydrogen-bond donors (Lipinski definition) is 2. The van der Waals surface area contributed by atoms with Crippen LogP contribution in [0.3, 0.4) is 0 Å². The van der Waals surface area contributed by atoms with Crippen LogP contribution in [0.2, 0.25) is 0 Å². The molecule has 0 aliphatic carbocycles. The van der Waals surface area contributed by atoms with Crippen molar-refractivity contribution in [1.29, 1.82) is 0 Å². The minimum atomic E-state index is -0.413. The Kier molecular flexibility index (Phi) is 5.01. The molecule has 0 aromatic carbocycles. The van der Waals surface area contributed by atoms with Gasteiger partial charge in [0.1, 0.15) is 9.66 Å². The summed E-state index contributed by atoms with van der Waals surface area (Å²) >= 11 is 3.09. The minimum absolute atomic E-state index is 0.323. The first kappa shape index (κ1) is 20.5. The predicted octanol–water partition coefficient (Wildman–Crippen LogP) is 3.33. The van der Waals surface area contributed by atoms with Crippen molar-refractivity contribution in [1.82, 2.24) is 25.2 Å². The van der Waals surface area contributed by atoms with E-state index in [0.717, 1.165) is 65.1 Å². The number of carbonyl (C=O) groups is 2. The quantitative estimate of drug-likeness (QED) is 0.428. The summed E-state index contributed by atoms with van der Waals surface area (Å²) in [6, 6.07) is 3.89. The summed E-state index contributed by atoms with van der Waals surface area (Å²) in [5, 5.41) is 8.14. The van der Waals surface area contributed by atoms with Crippen molar-refractivity contribution < 1.29 is 9.59 Å². The van der Waals surface area contributed by atoms with E-state index < -0.39 is 5.91 Å². The maximum atomic E-state index is 13.1. The predicted molar refractivity (Wildman–Crippen MR) is 132 cm³/mol. The number of aromatic nitrogens is 3. The lowest BCUT2D eigenvalue weighted by Gasteiger charge is -2.34. The van der Waals surface area contributed by atoms with E-state index in [-0.39, 0.29) is 5.91 Å². The second kappa shape index (κ2) is 8.05. The molecule has 8 nitrogen and oxygen atoms in total. The molecule has 4 aromatic heterocycles. The minimum Gasteiger partial charge on any atom is -0.352 e. The van der Waals surface area contributed by atoms with Gasteiger partial charge in [0.15, 0.2) is 0 Å². The van der Waals surface area contributed by atoms with Gasteiger partial charge in [-0.05, 0) is 35.9 Å². The van der Waals surface area contributed by atoms with Crippen LogP contribution >= 0.6 is 22.7 Å². The van der Waals surface area contributed by atoms with E-state index in [1.165, 1.54) is 11.3 Å². The smallest absolute Gasteiger partial charge is 0.261 e. The zero-order valence-corrected chi connectivity index (χ0v) is 19.7. The summed E-state index contributed by atoms with van der Waals surface area (Å²) in [6.07, 6.45) is 2.94. The van der Waals surface area contributed by atoms with Crippen molar-refractivity contribution >= 4 is 72.0 Å². The van der Waals surface area contributed by atoms with E-state index in [1.54, 1.807) is 17.5 Å². The summed E-state index contributed by atoms with van der Waals surface area (Å²) in [5.41, 5.74) is 1.94. The molecule has 2 amide bonds. The highest BCUT2D eigenvalue weighted by Crippen LogP contribution is 2.39. The van der Waals surface area contributed by atoms with Gasteiger partial charge in [0, 0.05) is 48.7 Å². The SMILES string of the molecule is CCCN1CCN(c2nc(C3=C(c4c[nH]c5sccc45)C(=O)NC3=O)c3ccsc3n2)CC1. The van der Waals surface area contributed by atoms with Crippen LogP contribution < -0.4 is 10.2 Å². The third-order valence-electron chi connectivity index (χ3n) is 6.25. The highest BCUT2D eigenvalue weighted by Gasteiger charge is 2.36. The Labute approximate surface area is 197 Å². The van der Waals surface area contributed by atoms with E-state index >= 15 is 0 Å². The third kappa shape index (κ3) is 3.36. The Hall–Kier alpha value is -3.08. The maximum Gasteiger partial charge on any atom is 0.261 e. The number of rotatable bonds is 5. The van der Waals surface area contributed by atoms with Crippen LogP contribution in [-0.4, -0.2) is 64.4 Å². The number of H-pyrrole nitrogens is 1. The summed E-state index contributed by atoms with van der Waals surface area (Å²) in [5.74, 6) is -0.187. The first-order valence-electron chi connectivity index (χ1n) is 11.0. The van der Waals surface area contributed by atoms with Gasteiger partial charge in [-0.3, -0.25) is 19.8 Å². The van der Waals surface area contributed by atoms with Gasteiger partial charge in [-0.1, -0.05) is 6.92 Å². The van der Waals surface area contributed by atoms with Crippen LogP contribution in [0.15, 0.2) is 29.1 Å². The van der Waals surface area contributed by atoms with Gasteiger partial charge in [0.05, 0.1) is 16.8 Å². The number of carbonyl (C=O) groups excluding carboxylic acids is 2. The Morgan fingerprint density at radius 2 is 1.73 bits per heavy atom. The molecule has 33 heavy (non-hydrogen) atoms. The third-order valence-corrected chi connectivity index (χ3v) is 7.90. The largest absolute Gasteiger partial charge is 0.352 e. The average molecular weight is 479 g/mol. The molecule has 0 unspecified atom stereocenters. The van der Waals surface area contributed by atoms with E-state index in [1.807, 2.05) is 22.9 Å². The van der Waals surface area contributed by atoms with Crippen molar-refractivity contribution in [3.63, 3.8) is 0 Å². The van der Waals surface area contributed by atoms with Crippen LogP contribution in [0.4, 0.5) is 5.95 Å². The molecule has 1 saturated heterocycles. The molecule has 4 aromatic rings. The number of nitrogens with zero attached hydrogens (tertiary/aromatic N) is 4. The van der Waals surface area contributed by atoms with Crippen LogP contribution in [0.25, 0.3) is 31.6 Å². The average Bonchev–Trinajstić information content (AvgIpc) is 3.58. The second-order valence-corrected chi connectivity index (χ2v) is 10.1. The zero-order valence-electron chi connectivity index (χ0n) is 18.1. The highest BCUT2D eigenvalue weighted by atomic mass is 32.1. The summed E-state index contributed by atoms with van der Waals surface area (Å²) < 4.78 is 0. The number of thiophene rings is 2. The number of imide groups is 1. The highest BCUT2D eigenvalue weighted by molar-refractivity contribution is 7.17. The Bertz CT molecular complexity index is 1420. The molecule has 10 heteroatoms. The van der Waals surface area contributed by atoms with Crippen molar-refractivity contribution in [2.24, 2.45) is 0 Å². The topological polar surface area (TPSA) is 94.2 Å². The van der Waals surface area contributed by atoms with E-state index in [4.69, 9.17) is 9.97 Å². The number of nitrogens with one attached hydrogen (secondary N) is 2. The molecule has 168 valence electrons. The van der Waals surface area contributed by atoms with Gasteiger partial charge in [0.25, 0.3) is 11.8 Å². The van der Waals surface area contributed by atoms with Crippen LogP contribution in [0.5, 0.6) is 0 Å². The van der Waals surface area contributed by atoms with Crippen LogP contribution in [0.1, 0.15) is 24.6 Å². The fourth-order valence-electron chi connectivity index (χ4n) is 4.66. The molecule has 0 atom stereocenters. The molecular formula is C23H22N6O2S2. The van der Waals surface area contributed by atoms with Gasteiger partial charge < -0.3 is 9.88 Å². The van der Waals surface area contributed by atoms with Crippen molar-refractivity contribution in [3.05, 3.63) is 40.3 Å². The monoisotopic (exact) mass is 478 g/mol. The molecule has 6 heterocycles. The van der Waals surface area contributed by atoms with E-state index in [0.29, 0.717) is 22.8 Å². The fraction of sp³-hybridized carbons (Fsp3) is 0.304. The number of aromatic amines is 1. The summed E-state index contributed by atoms with van der Waals surface area (Å²) in [4.78, 5) is 45.3. The Morgan fingerprint density at radius 1 is 0.970 bits per heavy atom. The zero-order chi connectivity index (χ0) is 22.5. The molecular weight excluding hydrogens is 456 g/mol. The van der Waals surface area contributed by atoms with Crippen molar-refractivity contribution in [3.8, 4) is 0 Å². The number of amides is 2. The lowest BCUT2D eigenvalue weighted by molar-refractivity contribution is -0.122. The van der Waals surface area contributed by atoms with Gasteiger partial charge in [-0.15, -0.1) is 22.7 Å². The first-order chi connectivity index (χ1) is 16.1. The van der Waals surface area contributed by atoms with E-state index in [2.05, 4.69) is 27.0 Å². The van der Waals surface area contributed by atoms with Gasteiger partial charge in [-0.2, -0.15) is 0 Å². The van der Waals surface area contributed by atoms with Crippen LogP contribution in [-0.2, 0) is 9.59 Å². The van der Waals surface area contributed by atoms with Gasteiger partial charge in [-0.25, -0.2) is 9.97 Å². The number of hydrogen-bond acceptors (Lipinski definition) is 8. The molecule has 0 saturated carbocycles. The van der Waals surface area contributed by atoms with Crippen LogP contribution in [0, 0.1) is 0 Å². The molecule has 2 N–H and O–H groups in total. The molecule has 2 aliphatic rings. The number of fused-ring (bicyclic) bond motifs is 2. The molecule has 0 radical (unpaired) electrons. The van der Waals surface area contributed by atoms with Gasteiger partial charge >= 0.3 is 0 Å². The lowest BCUT2D eigenvalue weighted by atomic mass is 9.98. The summed E-state index contributed by atoms with van der Waals surface area (Å²) in [6.45, 7) is 6.88. The summed E-state index contributed by atoms with van der Waals surface area (Å²) in [7, 11) is 0. The first-order valence-corrected chi connectivity index (χ1v) is 12.8. The molecule has 0 bridgehead atoms. The Morgan fingerprint density at radius 3 is 2.55 bits per heavy atom. The fourth-order valence-corrected chi connectivity index (χ4v) is 6.19. The molecule has 0 spiro atoms. The molecule has 1 fully saturated rings. The second-order valence-electron chi connectivity index (χ2n) is 8.24. The molecule has 6 rings (SSSR count). The normalized spacial score (nSPS) is 17.7. The maximum absolute atomic E-state index is 13.1. The van der Waals surface area contributed by atoms with E-state index in [9.17, 15) is 9.59 Å².